The molecule has 0 radical (unpaired) electrons. The van der Waals surface area contributed by atoms with Crippen molar-refractivity contribution in [2.45, 2.75) is 0 Å². The molecule has 5 heteroatoms. The van der Waals surface area contributed by atoms with E-state index in [4.69, 9.17) is 23.2 Å². The molecule has 0 amide bonds. The summed E-state index contributed by atoms with van der Waals surface area (Å²) in [6.45, 7) is 0. The molecule has 0 aliphatic heterocycles. The molecule has 82 valence electrons. The van der Waals surface area contributed by atoms with Crippen LogP contribution in [0.3, 0.4) is 0 Å². The van der Waals surface area contributed by atoms with Gasteiger partial charge in [-0.15, -0.1) is 8.15 Å². The Labute approximate surface area is 154 Å². The fourth-order valence-corrected chi connectivity index (χ4v) is 2.69. The summed E-state index contributed by atoms with van der Waals surface area (Å²) in [6.07, 6.45) is 0. The zero-order chi connectivity index (χ0) is 11.5. The number of benzene rings is 2. The van der Waals surface area contributed by atoms with E-state index in [2.05, 4.69) is 0 Å². The first-order valence-electron chi connectivity index (χ1n) is 4.65. The predicted molar refractivity (Wildman–Crippen MR) is 69.1 cm³/mol. The van der Waals surface area contributed by atoms with Gasteiger partial charge in [-0.1, -0.05) is 47.5 Å². The molecule has 0 heterocycles. The number of hydrogen-bond acceptors (Lipinski definition) is 1. The fourth-order valence-electron chi connectivity index (χ4n) is 1.30. The average Bonchev–Trinajstić information content (AvgIpc) is 2.30. The predicted octanol–water partition coefficient (Wildman–Crippen LogP) is -0.295. The van der Waals surface area contributed by atoms with Crippen molar-refractivity contribution in [1.82, 2.24) is 0 Å². The Morgan fingerprint density at radius 1 is 0.706 bits per heavy atom. The van der Waals surface area contributed by atoms with Gasteiger partial charge in [0.05, 0.1) is 0 Å². The smallest absolute Gasteiger partial charge is 0.822 e. The molecule has 0 N–H and O–H groups in total. The van der Waals surface area contributed by atoms with Crippen LogP contribution < -0.4 is 66.9 Å². The molecule has 0 saturated carbocycles. The summed E-state index contributed by atoms with van der Waals surface area (Å²) < 4.78 is 0. The average molecular weight is 309 g/mol. The summed E-state index contributed by atoms with van der Waals surface area (Å²) in [7, 11) is -1.56. The first-order chi connectivity index (χ1) is 7.66. The molecule has 0 bridgehead atoms. The van der Waals surface area contributed by atoms with E-state index in [9.17, 15) is 4.89 Å². The maximum atomic E-state index is 12.1. The second-order valence-corrected chi connectivity index (χ2v) is 5.74. The van der Waals surface area contributed by atoms with E-state index in [-0.39, 0.29) is 51.4 Å². The van der Waals surface area contributed by atoms with Gasteiger partial charge < -0.3 is 4.89 Å². The number of rotatable bonds is 2. The van der Waals surface area contributed by atoms with Gasteiger partial charge in [0.2, 0.25) is 0 Å². The van der Waals surface area contributed by atoms with E-state index in [0.717, 1.165) is 10.6 Å². The van der Waals surface area contributed by atoms with Gasteiger partial charge in [-0.25, -0.2) is 0 Å². The Hall–Kier alpha value is 1.05. The van der Waals surface area contributed by atoms with Crippen LogP contribution in [0.5, 0.6) is 0 Å². The molecule has 2 aromatic carbocycles. The van der Waals surface area contributed by atoms with Crippen molar-refractivity contribution in [2.24, 2.45) is 0 Å². The minimum Gasteiger partial charge on any atom is -0.822 e. The Balaban J connectivity index is 0.00000144. The second-order valence-electron chi connectivity index (χ2n) is 3.25. The summed E-state index contributed by atoms with van der Waals surface area (Å²) in [6, 6.07) is 14.0. The maximum absolute atomic E-state index is 12.1. The van der Waals surface area contributed by atoms with Gasteiger partial charge in [0.1, 0.15) is 0 Å². The van der Waals surface area contributed by atoms with Crippen LogP contribution in [-0.2, 0) is 0 Å². The molecule has 2 aromatic rings. The van der Waals surface area contributed by atoms with Gasteiger partial charge in [-0.05, 0) is 34.9 Å². The molecule has 0 aromatic heterocycles. The van der Waals surface area contributed by atoms with Crippen molar-refractivity contribution in [2.75, 3.05) is 0 Å². The Morgan fingerprint density at radius 2 is 1.00 bits per heavy atom. The molecule has 1 nitrogen and oxygen atoms in total. The summed E-state index contributed by atoms with van der Waals surface area (Å²) in [5, 5.41) is 2.81. The second kappa shape index (κ2) is 7.59. The standard InChI is InChI=1S/C12H8Cl2OP.K/c13-9-1-5-11(6-2-9)16(15)12-7-3-10(14)4-8-12;/h1-8H;/q-1;+1. The Kier molecular flexibility index (Phi) is 7.19. The van der Waals surface area contributed by atoms with Crippen molar-refractivity contribution in [3.05, 3.63) is 58.6 Å². The van der Waals surface area contributed by atoms with Crippen molar-refractivity contribution in [3.63, 3.8) is 0 Å². The van der Waals surface area contributed by atoms with E-state index >= 15 is 0 Å². The molecule has 17 heavy (non-hydrogen) atoms. The third-order valence-electron chi connectivity index (χ3n) is 2.12. The molecule has 0 unspecified atom stereocenters. The third kappa shape index (κ3) is 4.57. The topological polar surface area (TPSA) is 23.1 Å². The van der Waals surface area contributed by atoms with Crippen molar-refractivity contribution in [1.29, 1.82) is 0 Å². The van der Waals surface area contributed by atoms with Crippen molar-refractivity contribution in [3.8, 4) is 0 Å². The van der Waals surface area contributed by atoms with Crippen LogP contribution in [0, 0.1) is 0 Å². The maximum Gasteiger partial charge on any atom is 1.00 e. The van der Waals surface area contributed by atoms with E-state index in [1.807, 2.05) is 0 Å². The normalized spacial score (nSPS) is 10.1. The number of halogens is 2. The molecule has 0 aliphatic carbocycles. The Morgan fingerprint density at radius 3 is 1.29 bits per heavy atom. The molecule has 0 aliphatic rings. The summed E-state index contributed by atoms with van der Waals surface area (Å²) in [5.41, 5.74) is 0. The van der Waals surface area contributed by atoms with Gasteiger partial charge in [-0.2, -0.15) is 0 Å². The molecule has 2 rings (SSSR count). The summed E-state index contributed by atoms with van der Waals surface area (Å²) >= 11 is 11.5. The quantitative estimate of drug-likeness (QED) is 0.552. The van der Waals surface area contributed by atoms with Crippen LogP contribution in [0.1, 0.15) is 0 Å². The van der Waals surface area contributed by atoms with Crippen LogP contribution in [0.25, 0.3) is 0 Å². The van der Waals surface area contributed by atoms with Crippen molar-refractivity contribution >= 4 is 42.0 Å². The van der Waals surface area contributed by atoms with E-state index in [0.29, 0.717) is 10.0 Å². The molecule has 0 fully saturated rings. The van der Waals surface area contributed by atoms with Gasteiger partial charge in [-0.3, -0.25) is 0 Å². The van der Waals surface area contributed by atoms with Crippen LogP contribution >= 0.6 is 31.4 Å². The van der Waals surface area contributed by atoms with Gasteiger partial charge in [0, 0.05) is 10.0 Å². The zero-order valence-electron chi connectivity index (χ0n) is 9.23. The molecule has 0 saturated heterocycles. The van der Waals surface area contributed by atoms with Crippen LogP contribution in [0.2, 0.25) is 10.0 Å². The molecular formula is C12H8Cl2KOP. The third-order valence-corrected chi connectivity index (χ3v) is 4.16. The minimum atomic E-state index is -1.56. The van der Waals surface area contributed by atoms with Gasteiger partial charge in [0.25, 0.3) is 0 Å². The molecule has 0 atom stereocenters. The SMILES string of the molecule is [K+].[O-]P(c1ccc(Cl)cc1)c1ccc(Cl)cc1. The molecular weight excluding hydrogens is 301 g/mol. The first-order valence-corrected chi connectivity index (χ1v) is 6.67. The first kappa shape index (κ1) is 16.1. The summed E-state index contributed by atoms with van der Waals surface area (Å²) in [4.78, 5) is 12.1. The molecule has 0 spiro atoms. The summed E-state index contributed by atoms with van der Waals surface area (Å²) in [5.74, 6) is 0. The largest absolute Gasteiger partial charge is 1.00 e. The minimum absolute atomic E-state index is 0. The Bertz CT molecular complexity index is 427. The van der Waals surface area contributed by atoms with E-state index in [1.165, 1.54) is 0 Å². The van der Waals surface area contributed by atoms with Gasteiger partial charge >= 0.3 is 51.4 Å². The van der Waals surface area contributed by atoms with E-state index < -0.39 is 8.15 Å². The van der Waals surface area contributed by atoms with Crippen LogP contribution in [-0.4, -0.2) is 0 Å². The number of hydrogen-bond donors (Lipinski definition) is 0. The van der Waals surface area contributed by atoms with Crippen LogP contribution in [0.4, 0.5) is 0 Å². The zero-order valence-corrected chi connectivity index (χ0v) is 14.8. The van der Waals surface area contributed by atoms with E-state index in [1.54, 1.807) is 48.5 Å². The van der Waals surface area contributed by atoms with Gasteiger partial charge in [0.15, 0.2) is 0 Å². The fraction of sp³-hybridized carbons (Fsp3) is 0. The van der Waals surface area contributed by atoms with Crippen LogP contribution in [0.15, 0.2) is 48.5 Å². The van der Waals surface area contributed by atoms with Crippen molar-refractivity contribution < 1.29 is 56.3 Å². The monoisotopic (exact) mass is 308 g/mol.